The van der Waals surface area contributed by atoms with Crippen LogP contribution in [-0.4, -0.2) is 19.5 Å². The molecule has 0 aromatic carbocycles. The van der Waals surface area contributed by atoms with Gasteiger partial charge in [-0.2, -0.15) is 0 Å². The van der Waals surface area contributed by atoms with Crippen LogP contribution in [0.25, 0.3) is 5.65 Å². The van der Waals surface area contributed by atoms with E-state index in [9.17, 15) is 5.11 Å². The molecule has 0 aliphatic carbocycles. The van der Waals surface area contributed by atoms with Gasteiger partial charge in [-0.05, 0) is 52.0 Å². The first-order chi connectivity index (χ1) is 9.29. The fourth-order valence-electron chi connectivity index (χ4n) is 1.79. The summed E-state index contributed by atoms with van der Waals surface area (Å²) in [6, 6.07) is 9.55. The summed E-state index contributed by atoms with van der Waals surface area (Å²) in [5.41, 5.74) is 1.60. The summed E-state index contributed by atoms with van der Waals surface area (Å²) < 4.78 is 2.81. The summed E-state index contributed by atoms with van der Waals surface area (Å²) in [6.45, 7) is -0.0576. The average Bonchev–Trinajstić information content (AvgIpc) is 2.78. The van der Waals surface area contributed by atoms with Crippen LogP contribution in [0.1, 0.15) is 5.69 Å². The van der Waals surface area contributed by atoms with Crippen LogP contribution >= 0.6 is 27.7 Å². The first kappa shape index (κ1) is 12.7. The molecule has 0 radical (unpaired) electrons. The zero-order chi connectivity index (χ0) is 13.2. The highest BCUT2D eigenvalue weighted by atomic mass is 79.9. The molecular formula is C13H10BrN3OS. The molecule has 0 aliphatic rings. The lowest BCUT2D eigenvalue weighted by molar-refractivity contribution is 0.272. The highest BCUT2D eigenvalue weighted by molar-refractivity contribution is 9.10. The van der Waals surface area contributed by atoms with Gasteiger partial charge in [0, 0.05) is 12.4 Å². The maximum Gasteiger partial charge on any atom is 0.138 e. The third-order valence-corrected chi connectivity index (χ3v) is 4.60. The Kier molecular flexibility index (Phi) is 3.54. The van der Waals surface area contributed by atoms with E-state index in [0.717, 1.165) is 25.9 Å². The van der Waals surface area contributed by atoms with Crippen LogP contribution in [0.4, 0.5) is 0 Å². The van der Waals surface area contributed by atoms with Crippen LogP contribution in [-0.2, 0) is 6.61 Å². The molecule has 19 heavy (non-hydrogen) atoms. The van der Waals surface area contributed by atoms with E-state index < -0.39 is 0 Å². The van der Waals surface area contributed by atoms with Crippen molar-refractivity contribution in [2.45, 2.75) is 16.7 Å². The van der Waals surface area contributed by atoms with Gasteiger partial charge in [-0.25, -0.2) is 9.97 Å². The van der Waals surface area contributed by atoms with Crippen molar-refractivity contribution in [1.82, 2.24) is 14.4 Å². The number of halogens is 1. The van der Waals surface area contributed by atoms with Crippen molar-refractivity contribution < 1.29 is 5.11 Å². The van der Waals surface area contributed by atoms with Crippen LogP contribution < -0.4 is 0 Å². The minimum Gasteiger partial charge on any atom is -0.390 e. The SMILES string of the molecule is OCc1c(Sc2ncccc2Br)nc2ccccn12. The Balaban J connectivity index is 2.08. The number of aromatic nitrogens is 3. The molecule has 0 fully saturated rings. The van der Waals surface area contributed by atoms with Gasteiger partial charge < -0.3 is 9.51 Å². The predicted octanol–water partition coefficient (Wildman–Crippen LogP) is 3.14. The molecule has 0 unspecified atom stereocenters. The first-order valence-electron chi connectivity index (χ1n) is 5.65. The van der Waals surface area contributed by atoms with Gasteiger partial charge in [0.05, 0.1) is 16.8 Å². The molecule has 0 bridgehead atoms. The molecule has 0 saturated heterocycles. The monoisotopic (exact) mass is 335 g/mol. The van der Waals surface area contributed by atoms with E-state index in [1.807, 2.05) is 40.9 Å². The van der Waals surface area contributed by atoms with Crippen LogP contribution in [0.3, 0.4) is 0 Å². The highest BCUT2D eigenvalue weighted by Gasteiger charge is 2.14. The summed E-state index contributed by atoms with van der Waals surface area (Å²) in [7, 11) is 0. The molecule has 6 heteroatoms. The molecule has 3 aromatic heterocycles. The number of imidazole rings is 1. The molecule has 3 rings (SSSR count). The maximum absolute atomic E-state index is 9.55. The lowest BCUT2D eigenvalue weighted by Gasteiger charge is -2.02. The third kappa shape index (κ3) is 2.39. The van der Waals surface area contributed by atoms with Gasteiger partial charge in [0.2, 0.25) is 0 Å². The number of rotatable bonds is 3. The summed E-state index contributed by atoms with van der Waals surface area (Å²) >= 11 is 4.90. The van der Waals surface area contributed by atoms with E-state index in [-0.39, 0.29) is 6.61 Å². The van der Waals surface area contributed by atoms with Gasteiger partial charge in [-0.3, -0.25) is 0 Å². The quantitative estimate of drug-likeness (QED) is 0.798. The molecule has 0 atom stereocenters. The molecular weight excluding hydrogens is 326 g/mol. The number of pyridine rings is 2. The van der Waals surface area contributed by atoms with Gasteiger partial charge in [0.25, 0.3) is 0 Å². The van der Waals surface area contributed by atoms with Crippen molar-refractivity contribution >= 4 is 33.3 Å². The normalized spacial score (nSPS) is 11.1. The van der Waals surface area contributed by atoms with Crippen molar-refractivity contribution in [2.24, 2.45) is 0 Å². The molecule has 0 amide bonds. The van der Waals surface area contributed by atoms with E-state index in [1.54, 1.807) is 6.20 Å². The van der Waals surface area contributed by atoms with Crippen LogP contribution in [0.5, 0.6) is 0 Å². The minimum absolute atomic E-state index is 0.0576. The van der Waals surface area contributed by atoms with Gasteiger partial charge in [0.1, 0.15) is 15.7 Å². The average molecular weight is 336 g/mol. The van der Waals surface area contributed by atoms with Crippen LogP contribution in [0, 0.1) is 0 Å². The second kappa shape index (κ2) is 5.32. The Morgan fingerprint density at radius 3 is 2.89 bits per heavy atom. The van der Waals surface area contributed by atoms with E-state index in [2.05, 4.69) is 25.9 Å². The second-order valence-electron chi connectivity index (χ2n) is 3.84. The molecule has 3 heterocycles. The number of nitrogens with zero attached hydrogens (tertiary/aromatic N) is 3. The van der Waals surface area contributed by atoms with Crippen molar-refractivity contribution in [3.8, 4) is 0 Å². The largest absolute Gasteiger partial charge is 0.390 e. The Morgan fingerprint density at radius 1 is 1.21 bits per heavy atom. The van der Waals surface area contributed by atoms with Crippen LogP contribution in [0.15, 0.2) is 57.3 Å². The van der Waals surface area contributed by atoms with Crippen molar-refractivity contribution in [3.63, 3.8) is 0 Å². The van der Waals surface area contributed by atoms with E-state index in [1.165, 1.54) is 11.8 Å². The van der Waals surface area contributed by atoms with Gasteiger partial charge >= 0.3 is 0 Å². The standard InChI is InChI=1S/C13H10BrN3OS/c14-9-4-3-6-15-12(9)19-13-10(8-18)17-7-2-1-5-11(17)16-13/h1-7,18H,8H2. The van der Waals surface area contributed by atoms with Gasteiger partial charge in [-0.1, -0.05) is 6.07 Å². The van der Waals surface area contributed by atoms with Crippen molar-refractivity contribution in [1.29, 1.82) is 0 Å². The predicted molar refractivity (Wildman–Crippen MR) is 77.2 cm³/mol. The topological polar surface area (TPSA) is 50.4 Å². The summed E-state index contributed by atoms with van der Waals surface area (Å²) in [5, 5.41) is 11.2. The smallest absolute Gasteiger partial charge is 0.138 e. The number of aliphatic hydroxyl groups is 1. The summed E-state index contributed by atoms with van der Waals surface area (Å²) in [4.78, 5) is 8.83. The Hall–Kier alpha value is -1.37. The van der Waals surface area contributed by atoms with Crippen molar-refractivity contribution in [2.75, 3.05) is 0 Å². The van der Waals surface area contributed by atoms with Crippen LogP contribution in [0.2, 0.25) is 0 Å². The molecule has 3 aromatic rings. The zero-order valence-electron chi connectivity index (χ0n) is 9.82. The first-order valence-corrected chi connectivity index (χ1v) is 7.25. The lowest BCUT2D eigenvalue weighted by atomic mass is 10.4. The number of hydrogen-bond acceptors (Lipinski definition) is 4. The molecule has 0 saturated carbocycles. The molecule has 96 valence electrons. The van der Waals surface area contributed by atoms with E-state index in [4.69, 9.17) is 0 Å². The fourth-order valence-corrected chi connectivity index (χ4v) is 3.17. The van der Waals surface area contributed by atoms with E-state index >= 15 is 0 Å². The molecule has 4 nitrogen and oxygen atoms in total. The summed E-state index contributed by atoms with van der Waals surface area (Å²) in [5.74, 6) is 0. The van der Waals surface area contributed by atoms with Crippen molar-refractivity contribution in [3.05, 3.63) is 52.9 Å². The Bertz CT molecular complexity index is 729. The van der Waals surface area contributed by atoms with Gasteiger partial charge in [0.15, 0.2) is 0 Å². The third-order valence-electron chi connectivity index (χ3n) is 2.66. The molecule has 0 aliphatic heterocycles. The molecule has 1 N–H and O–H groups in total. The molecule has 0 spiro atoms. The Labute approximate surface area is 122 Å². The number of fused-ring (bicyclic) bond motifs is 1. The second-order valence-corrected chi connectivity index (χ2v) is 5.67. The Morgan fingerprint density at radius 2 is 2.11 bits per heavy atom. The minimum atomic E-state index is -0.0576. The number of aliphatic hydroxyl groups excluding tert-OH is 1. The van der Waals surface area contributed by atoms with Gasteiger partial charge in [-0.15, -0.1) is 0 Å². The highest BCUT2D eigenvalue weighted by Crippen LogP contribution is 2.33. The summed E-state index contributed by atoms with van der Waals surface area (Å²) in [6.07, 6.45) is 3.63. The van der Waals surface area contributed by atoms with E-state index in [0.29, 0.717) is 0 Å². The maximum atomic E-state index is 9.55. The number of hydrogen-bond donors (Lipinski definition) is 1. The zero-order valence-corrected chi connectivity index (χ0v) is 12.2. The lowest BCUT2D eigenvalue weighted by Crippen LogP contribution is -1.93. The fraction of sp³-hybridized carbons (Fsp3) is 0.0769.